The zero-order chi connectivity index (χ0) is 19.1. The van der Waals surface area contributed by atoms with Crippen LogP contribution in [-0.2, 0) is 6.54 Å². The van der Waals surface area contributed by atoms with E-state index < -0.39 is 0 Å². The van der Waals surface area contributed by atoms with Gasteiger partial charge in [0, 0.05) is 31.1 Å². The maximum Gasteiger partial charge on any atom is 0.255 e. The van der Waals surface area contributed by atoms with Gasteiger partial charge < -0.3 is 19.0 Å². The summed E-state index contributed by atoms with van der Waals surface area (Å²) in [6.07, 6.45) is 7.09. The molecule has 0 bridgehead atoms. The first kappa shape index (κ1) is 16.6. The molecule has 5 rings (SSSR count). The van der Waals surface area contributed by atoms with Gasteiger partial charge in [-0.05, 0) is 29.8 Å². The summed E-state index contributed by atoms with van der Waals surface area (Å²) in [5.74, 6) is 0.776. The van der Waals surface area contributed by atoms with E-state index in [1.807, 2.05) is 52.0 Å². The summed E-state index contributed by atoms with van der Waals surface area (Å²) < 4.78 is 7.23. The van der Waals surface area contributed by atoms with Gasteiger partial charge in [-0.25, -0.2) is 9.97 Å². The normalized spacial score (nSPS) is 16.2. The Hall–Kier alpha value is -3.61. The number of hydrogen-bond acceptors (Lipinski definition) is 4. The average molecular weight is 373 g/mol. The van der Waals surface area contributed by atoms with E-state index in [-0.39, 0.29) is 11.8 Å². The molecule has 7 nitrogen and oxygen atoms in total. The zero-order valence-corrected chi connectivity index (χ0v) is 15.4. The van der Waals surface area contributed by atoms with Crippen LogP contribution >= 0.6 is 0 Å². The Morgan fingerprint density at radius 1 is 1.25 bits per heavy atom. The third-order valence-corrected chi connectivity index (χ3v) is 5.25. The number of nitrogens with one attached hydrogen (secondary N) is 1. The largest absolute Gasteiger partial charge is 0.497 e. The minimum absolute atomic E-state index is 0.00831. The number of fused-ring (bicyclic) bond motifs is 2. The van der Waals surface area contributed by atoms with Crippen LogP contribution < -0.4 is 4.74 Å². The molecule has 7 heteroatoms. The quantitative estimate of drug-likeness (QED) is 0.599. The molecule has 4 aromatic rings. The molecule has 4 heterocycles. The second-order valence-corrected chi connectivity index (χ2v) is 6.89. The van der Waals surface area contributed by atoms with Crippen LogP contribution in [0.3, 0.4) is 0 Å². The Morgan fingerprint density at radius 2 is 2.18 bits per heavy atom. The number of H-pyrrole nitrogens is 1. The highest BCUT2D eigenvalue weighted by atomic mass is 16.5. The molecular formula is C21H19N5O2. The smallest absolute Gasteiger partial charge is 0.255 e. The van der Waals surface area contributed by atoms with Crippen LogP contribution in [0.5, 0.6) is 5.75 Å². The van der Waals surface area contributed by atoms with Crippen LogP contribution in [0.25, 0.3) is 5.65 Å². The number of rotatable bonds is 3. The van der Waals surface area contributed by atoms with Crippen molar-refractivity contribution in [3.8, 4) is 5.75 Å². The fourth-order valence-electron chi connectivity index (χ4n) is 3.83. The molecule has 140 valence electrons. The van der Waals surface area contributed by atoms with E-state index in [9.17, 15) is 4.79 Å². The number of hydrogen-bond donors (Lipinski definition) is 1. The van der Waals surface area contributed by atoms with E-state index in [4.69, 9.17) is 4.74 Å². The highest BCUT2D eigenvalue weighted by molar-refractivity contribution is 5.94. The van der Waals surface area contributed by atoms with Crippen LogP contribution in [0.15, 0.2) is 61.3 Å². The summed E-state index contributed by atoms with van der Waals surface area (Å²) in [5.41, 5.74) is 4.49. The molecular weight excluding hydrogens is 354 g/mol. The van der Waals surface area contributed by atoms with Crippen molar-refractivity contribution in [3.05, 3.63) is 83.8 Å². The third kappa shape index (κ3) is 2.72. The first-order chi connectivity index (χ1) is 13.7. The highest BCUT2D eigenvalue weighted by Gasteiger charge is 2.32. The second kappa shape index (κ2) is 6.53. The predicted octanol–water partition coefficient (Wildman–Crippen LogP) is 2.85. The number of ether oxygens (including phenoxy) is 1. The van der Waals surface area contributed by atoms with Crippen molar-refractivity contribution in [1.82, 2.24) is 24.3 Å². The molecule has 0 saturated carbocycles. The second-order valence-electron chi connectivity index (χ2n) is 6.89. The van der Waals surface area contributed by atoms with Gasteiger partial charge in [-0.2, -0.15) is 0 Å². The summed E-state index contributed by atoms with van der Waals surface area (Å²) in [7, 11) is 1.65. The lowest BCUT2D eigenvalue weighted by atomic mass is 9.90. The summed E-state index contributed by atoms with van der Waals surface area (Å²) in [6.45, 7) is 1.07. The number of amides is 1. The number of nitrogens with zero attached hydrogens (tertiary/aromatic N) is 4. The van der Waals surface area contributed by atoms with Gasteiger partial charge in [-0.3, -0.25) is 4.79 Å². The van der Waals surface area contributed by atoms with Gasteiger partial charge in [0.25, 0.3) is 5.91 Å². The van der Waals surface area contributed by atoms with E-state index in [0.717, 1.165) is 28.3 Å². The molecule has 1 aliphatic rings. The van der Waals surface area contributed by atoms with Gasteiger partial charge >= 0.3 is 0 Å². The van der Waals surface area contributed by atoms with E-state index in [0.29, 0.717) is 18.7 Å². The van der Waals surface area contributed by atoms with Crippen LogP contribution in [0.4, 0.5) is 0 Å². The summed E-state index contributed by atoms with van der Waals surface area (Å²) in [5, 5.41) is 0. The molecule has 1 unspecified atom stereocenters. The van der Waals surface area contributed by atoms with Crippen molar-refractivity contribution in [2.75, 3.05) is 13.7 Å². The Labute approximate surface area is 161 Å². The van der Waals surface area contributed by atoms with Crippen LogP contribution in [-0.4, -0.2) is 43.8 Å². The minimum atomic E-state index is -0.0104. The molecule has 1 aromatic carbocycles. The third-order valence-electron chi connectivity index (χ3n) is 5.25. The van der Waals surface area contributed by atoms with E-state index in [2.05, 4.69) is 21.0 Å². The molecule has 0 saturated heterocycles. The number of benzene rings is 1. The summed E-state index contributed by atoms with van der Waals surface area (Å²) in [6, 6.07) is 11.6. The average Bonchev–Trinajstić information content (AvgIpc) is 3.41. The van der Waals surface area contributed by atoms with Gasteiger partial charge in [0.05, 0.1) is 36.9 Å². The number of imidazole rings is 2. The van der Waals surface area contributed by atoms with Crippen LogP contribution in [0.1, 0.15) is 33.2 Å². The fourth-order valence-corrected chi connectivity index (χ4v) is 3.83. The number of methoxy groups -OCH3 is 1. The molecule has 1 amide bonds. The molecule has 0 spiro atoms. The van der Waals surface area contributed by atoms with Gasteiger partial charge in [0.1, 0.15) is 11.4 Å². The number of pyridine rings is 1. The lowest BCUT2D eigenvalue weighted by molar-refractivity contribution is 0.0721. The monoisotopic (exact) mass is 373 g/mol. The molecule has 1 atom stereocenters. The lowest BCUT2D eigenvalue weighted by Gasteiger charge is -2.32. The van der Waals surface area contributed by atoms with Gasteiger partial charge in [-0.15, -0.1) is 0 Å². The SMILES string of the molecule is COc1cccc(C2CN(C(=O)c3ccc4nccn4c3)Cc3[nH]cnc32)c1. The first-order valence-corrected chi connectivity index (χ1v) is 9.11. The minimum Gasteiger partial charge on any atom is -0.497 e. The van der Waals surface area contributed by atoms with Crippen molar-refractivity contribution in [2.45, 2.75) is 12.5 Å². The van der Waals surface area contributed by atoms with Crippen molar-refractivity contribution >= 4 is 11.6 Å². The molecule has 0 aliphatic carbocycles. The number of carbonyl (C=O) groups excluding carboxylic acids is 1. The molecule has 0 radical (unpaired) electrons. The van der Waals surface area contributed by atoms with Gasteiger partial charge in [0.15, 0.2) is 0 Å². The maximum atomic E-state index is 13.2. The molecule has 1 aliphatic heterocycles. The maximum absolute atomic E-state index is 13.2. The standard InChI is InChI=1S/C21H19N5O2/c1-28-16-4-2-3-14(9-16)17-11-26(12-18-20(17)24-13-23-18)21(27)15-5-6-19-22-7-8-25(19)10-15/h2-10,13,17H,11-12H2,1H3,(H,23,24). The van der Waals surface area contributed by atoms with Gasteiger partial charge in [0.2, 0.25) is 0 Å². The van der Waals surface area contributed by atoms with E-state index >= 15 is 0 Å². The van der Waals surface area contributed by atoms with E-state index in [1.54, 1.807) is 19.6 Å². The zero-order valence-electron chi connectivity index (χ0n) is 15.4. The lowest BCUT2D eigenvalue weighted by Crippen LogP contribution is -2.38. The number of carbonyl (C=O) groups is 1. The topological polar surface area (TPSA) is 75.5 Å². The fraction of sp³-hybridized carbons (Fsp3) is 0.190. The number of aromatic nitrogens is 4. The van der Waals surface area contributed by atoms with Crippen molar-refractivity contribution in [2.24, 2.45) is 0 Å². The Balaban J connectivity index is 1.50. The Kier molecular flexibility index (Phi) is 3.86. The molecule has 0 fully saturated rings. The van der Waals surface area contributed by atoms with Crippen molar-refractivity contribution in [3.63, 3.8) is 0 Å². The van der Waals surface area contributed by atoms with Crippen LogP contribution in [0, 0.1) is 0 Å². The van der Waals surface area contributed by atoms with Crippen molar-refractivity contribution < 1.29 is 9.53 Å². The van der Waals surface area contributed by atoms with Crippen LogP contribution in [0.2, 0.25) is 0 Å². The van der Waals surface area contributed by atoms with Crippen molar-refractivity contribution in [1.29, 1.82) is 0 Å². The summed E-state index contributed by atoms with van der Waals surface area (Å²) in [4.78, 5) is 27.0. The van der Waals surface area contributed by atoms with E-state index in [1.165, 1.54) is 0 Å². The molecule has 28 heavy (non-hydrogen) atoms. The predicted molar refractivity (Wildman–Crippen MR) is 103 cm³/mol. The molecule has 3 aromatic heterocycles. The number of aromatic amines is 1. The van der Waals surface area contributed by atoms with Gasteiger partial charge in [-0.1, -0.05) is 12.1 Å². The highest BCUT2D eigenvalue weighted by Crippen LogP contribution is 2.33. The Bertz CT molecular complexity index is 1160. The molecule has 1 N–H and O–H groups in total. The first-order valence-electron chi connectivity index (χ1n) is 9.11. The summed E-state index contributed by atoms with van der Waals surface area (Å²) >= 11 is 0. The Morgan fingerprint density at radius 3 is 3.07 bits per heavy atom.